The number of ether oxygens (including phenoxy) is 3. The van der Waals surface area contributed by atoms with Gasteiger partial charge in [-0.05, 0) is 66.9 Å². The van der Waals surface area contributed by atoms with Gasteiger partial charge < -0.3 is 34.9 Å². The molecule has 2 aromatic carbocycles. The maximum Gasteiger partial charge on any atom is 0.246 e. The van der Waals surface area contributed by atoms with E-state index in [0.717, 1.165) is 35.5 Å². The van der Waals surface area contributed by atoms with E-state index in [0.29, 0.717) is 42.7 Å². The summed E-state index contributed by atoms with van der Waals surface area (Å²) in [5.41, 5.74) is 9.45. The molecule has 1 unspecified atom stereocenters. The highest BCUT2D eigenvalue weighted by atomic mass is 16.7. The van der Waals surface area contributed by atoms with Crippen molar-refractivity contribution in [3.05, 3.63) is 72.9 Å². The lowest BCUT2D eigenvalue weighted by Crippen LogP contribution is -2.54. The largest absolute Gasteiger partial charge is 0.489 e. The minimum absolute atomic E-state index is 0.0856. The molecule has 4 heterocycles. The summed E-state index contributed by atoms with van der Waals surface area (Å²) >= 11 is 0. The minimum atomic E-state index is -1.01. The third kappa shape index (κ3) is 4.22. The van der Waals surface area contributed by atoms with E-state index >= 15 is 0 Å². The molecule has 1 amide bonds. The Kier molecular flexibility index (Phi) is 6.16. The van der Waals surface area contributed by atoms with Gasteiger partial charge in [-0.15, -0.1) is 0 Å². The average Bonchev–Trinajstić information content (AvgIpc) is 3.54. The molecule has 3 aromatic rings. The summed E-state index contributed by atoms with van der Waals surface area (Å²) in [4.78, 5) is 22.0. The molecule has 1 aromatic heterocycles. The van der Waals surface area contributed by atoms with Crippen LogP contribution in [0.15, 0.2) is 67.4 Å². The molecule has 0 radical (unpaired) electrons. The Hall–Kier alpha value is -4.44. The topological polar surface area (TPSA) is 114 Å². The number of nitrogen functional groups attached to an aromatic ring is 1. The summed E-state index contributed by atoms with van der Waals surface area (Å²) in [6.45, 7) is 5.38. The number of aliphatic hydroxyl groups is 1. The van der Waals surface area contributed by atoms with E-state index < -0.39 is 6.35 Å². The Bertz CT molecular complexity index is 1360. The van der Waals surface area contributed by atoms with Gasteiger partial charge >= 0.3 is 0 Å². The van der Waals surface area contributed by atoms with E-state index in [1.807, 2.05) is 53.4 Å². The van der Waals surface area contributed by atoms with Crippen LogP contribution in [-0.2, 0) is 11.4 Å². The second-order valence-corrected chi connectivity index (χ2v) is 9.44. The number of likely N-dealkylation sites (tertiary alicyclic amines) is 1. The van der Waals surface area contributed by atoms with Crippen molar-refractivity contribution in [2.45, 2.75) is 31.8 Å². The standard InChI is InChI=1S/C28H29N5O5/c1-2-25(34)31-13-3-4-20(15-31)32-22-11-12-30-27(29)26(22)33(28(32)35)19-6-8-21(9-7-19)36-16-18-5-10-23-24(14-18)38-17-37-23/h2,5-12,14,20,28,35H,1,3-4,13,15-17H2,(H2,29,30)/t20-,28?/m1/s1. The zero-order valence-corrected chi connectivity index (χ0v) is 20.8. The minimum Gasteiger partial charge on any atom is -0.489 e. The number of hydrogen-bond acceptors (Lipinski definition) is 9. The maximum absolute atomic E-state index is 12.3. The SMILES string of the molecule is C=CC(=O)N1CCC[C@@H](N2c3ccnc(N)c3N(c3ccc(OCc4ccc5c(c4)OCO5)cc3)C2O)C1. The average molecular weight is 516 g/mol. The number of hydrogen-bond donors (Lipinski definition) is 2. The molecule has 10 heteroatoms. The quantitative estimate of drug-likeness (QED) is 0.477. The van der Waals surface area contributed by atoms with E-state index in [4.69, 9.17) is 19.9 Å². The zero-order valence-electron chi connectivity index (χ0n) is 20.8. The zero-order chi connectivity index (χ0) is 26.2. The van der Waals surface area contributed by atoms with Gasteiger partial charge in [0.15, 0.2) is 11.5 Å². The van der Waals surface area contributed by atoms with Crippen molar-refractivity contribution in [3.8, 4) is 17.2 Å². The summed E-state index contributed by atoms with van der Waals surface area (Å²) in [5.74, 6) is 2.35. The first kappa shape index (κ1) is 23.9. The van der Waals surface area contributed by atoms with Crippen molar-refractivity contribution in [1.82, 2.24) is 9.88 Å². The summed E-state index contributed by atoms with van der Waals surface area (Å²) in [5, 5.41) is 11.6. The predicted octanol–water partition coefficient (Wildman–Crippen LogP) is 3.38. The number of benzene rings is 2. The number of anilines is 4. The Morgan fingerprint density at radius 2 is 2.00 bits per heavy atom. The molecule has 0 bridgehead atoms. The number of fused-ring (bicyclic) bond motifs is 2. The molecular weight excluding hydrogens is 486 g/mol. The number of carbonyl (C=O) groups is 1. The number of carbonyl (C=O) groups excluding carboxylic acids is 1. The molecular formula is C28H29N5O5. The van der Waals surface area contributed by atoms with E-state index in [-0.39, 0.29) is 18.7 Å². The van der Waals surface area contributed by atoms with Gasteiger partial charge in [0.05, 0.1) is 11.7 Å². The molecule has 0 aliphatic carbocycles. The third-order valence-electron chi connectivity index (χ3n) is 7.16. The molecule has 0 saturated carbocycles. The van der Waals surface area contributed by atoms with Gasteiger partial charge in [0.25, 0.3) is 0 Å². The third-order valence-corrected chi connectivity index (χ3v) is 7.16. The molecule has 2 atom stereocenters. The van der Waals surface area contributed by atoms with E-state index in [1.165, 1.54) is 6.08 Å². The van der Waals surface area contributed by atoms with Crippen molar-refractivity contribution < 1.29 is 24.1 Å². The summed E-state index contributed by atoms with van der Waals surface area (Å²) in [7, 11) is 0. The van der Waals surface area contributed by atoms with Gasteiger partial charge in [-0.1, -0.05) is 12.6 Å². The van der Waals surface area contributed by atoms with Crippen LogP contribution < -0.4 is 29.7 Å². The Labute approximate surface area is 220 Å². The lowest BCUT2D eigenvalue weighted by atomic mass is 10.0. The van der Waals surface area contributed by atoms with Gasteiger partial charge in [0.1, 0.15) is 23.9 Å². The highest BCUT2D eigenvalue weighted by molar-refractivity contribution is 5.90. The predicted molar refractivity (Wildman–Crippen MR) is 142 cm³/mol. The van der Waals surface area contributed by atoms with Gasteiger partial charge in [-0.3, -0.25) is 9.69 Å². The monoisotopic (exact) mass is 515 g/mol. The number of pyridine rings is 1. The fourth-order valence-corrected chi connectivity index (χ4v) is 5.34. The van der Waals surface area contributed by atoms with Crippen molar-refractivity contribution in [2.75, 3.05) is 35.4 Å². The summed E-state index contributed by atoms with van der Waals surface area (Å²) in [6.07, 6.45) is 3.63. The number of rotatable bonds is 6. The van der Waals surface area contributed by atoms with Crippen molar-refractivity contribution in [2.24, 2.45) is 0 Å². The molecule has 3 N–H and O–H groups in total. The lowest BCUT2D eigenvalue weighted by Gasteiger charge is -2.40. The Morgan fingerprint density at radius 3 is 2.82 bits per heavy atom. The smallest absolute Gasteiger partial charge is 0.246 e. The van der Waals surface area contributed by atoms with Gasteiger partial charge in [0, 0.05) is 25.0 Å². The van der Waals surface area contributed by atoms with E-state index in [9.17, 15) is 9.90 Å². The van der Waals surface area contributed by atoms with Crippen LogP contribution in [0.1, 0.15) is 18.4 Å². The van der Waals surface area contributed by atoms with Gasteiger partial charge in [0.2, 0.25) is 19.1 Å². The number of aliphatic hydroxyl groups excluding tert-OH is 1. The fraction of sp³-hybridized carbons (Fsp3) is 0.286. The van der Waals surface area contributed by atoms with Crippen molar-refractivity contribution in [3.63, 3.8) is 0 Å². The highest BCUT2D eigenvalue weighted by Gasteiger charge is 2.42. The maximum atomic E-state index is 12.3. The van der Waals surface area contributed by atoms with E-state index in [2.05, 4.69) is 11.6 Å². The first-order valence-corrected chi connectivity index (χ1v) is 12.6. The van der Waals surface area contributed by atoms with Crippen LogP contribution in [0.4, 0.5) is 22.9 Å². The fourth-order valence-electron chi connectivity index (χ4n) is 5.34. The molecule has 3 aliphatic rings. The molecule has 3 aliphatic heterocycles. The van der Waals surface area contributed by atoms with Crippen LogP contribution >= 0.6 is 0 Å². The highest BCUT2D eigenvalue weighted by Crippen LogP contribution is 2.48. The number of piperidine rings is 1. The van der Waals surface area contributed by atoms with Crippen LogP contribution in [0.2, 0.25) is 0 Å². The molecule has 6 rings (SSSR count). The first-order chi connectivity index (χ1) is 18.5. The number of nitrogens with two attached hydrogens (primary N) is 1. The van der Waals surface area contributed by atoms with Crippen LogP contribution in [0, 0.1) is 0 Å². The second kappa shape index (κ2) is 9.79. The molecule has 38 heavy (non-hydrogen) atoms. The van der Waals surface area contributed by atoms with Gasteiger partial charge in [-0.2, -0.15) is 0 Å². The van der Waals surface area contributed by atoms with Crippen LogP contribution in [0.5, 0.6) is 17.2 Å². The van der Waals surface area contributed by atoms with Crippen molar-refractivity contribution >= 4 is 28.8 Å². The lowest BCUT2D eigenvalue weighted by molar-refractivity contribution is -0.127. The molecule has 196 valence electrons. The number of amides is 1. The Balaban J connectivity index is 1.22. The molecule has 1 fully saturated rings. The number of aromatic nitrogens is 1. The molecule has 10 nitrogen and oxygen atoms in total. The first-order valence-electron chi connectivity index (χ1n) is 12.6. The Morgan fingerprint density at radius 1 is 1.18 bits per heavy atom. The van der Waals surface area contributed by atoms with Crippen LogP contribution in [0.25, 0.3) is 0 Å². The van der Waals surface area contributed by atoms with Gasteiger partial charge in [-0.25, -0.2) is 4.98 Å². The van der Waals surface area contributed by atoms with E-state index in [1.54, 1.807) is 16.0 Å². The van der Waals surface area contributed by atoms with Crippen LogP contribution in [0.3, 0.4) is 0 Å². The normalized spacial score (nSPS) is 19.9. The second-order valence-electron chi connectivity index (χ2n) is 9.44. The van der Waals surface area contributed by atoms with Crippen LogP contribution in [-0.4, -0.2) is 53.2 Å². The molecule has 1 saturated heterocycles. The summed E-state index contributed by atoms with van der Waals surface area (Å²) < 4.78 is 16.8. The van der Waals surface area contributed by atoms with Crippen molar-refractivity contribution in [1.29, 1.82) is 0 Å². The molecule has 0 spiro atoms. The summed E-state index contributed by atoms with van der Waals surface area (Å²) in [6, 6.07) is 15.0. The number of nitrogens with zero attached hydrogens (tertiary/aromatic N) is 4.